The Labute approximate surface area is 194 Å². The molecule has 2 atom stereocenters. The van der Waals surface area contributed by atoms with Crippen molar-refractivity contribution in [1.29, 1.82) is 0 Å². The topological polar surface area (TPSA) is 72.8 Å². The molecule has 5 heteroatoms. The minimum Gasteiger partial charge on any atom is -0.481 e. The molecular weight excluding hydrogens is 404 g/mol. The lowest BCUT2D eigenvalue weighted by atomic mass is 10.00. The number of carboxylic acids is 1. The van der Waals surface area contributed by atoms with Crippen LogP contribution in [0.5, 0.6) is 0 Å². The number of carbonyl (C=O) groups excluding carboxylic acids is 1. The predicted octanol–water partition coefficient (Wildman–Crippen LogP) is 7.07. The van der Waals surface area contributed by atoms with Crippen LogP contribution in [0, 0.1) is 0 Å². The maximum Gasteiger partial charge on any atom is 0.303 e. The Bertz CT molecular complexity index is 601. The van der Waals surface area contributed by atoms with Crippen LogP contribution in [0.3, 0.4) is 0 Å². The second kappa shape index (κ2) is 18.7. The fourth-order valence-electron chi connectivity index (χ4n) is 3.97. The van der Waals surface area contributed by atoms with Gasteiger partial charge in [-0.2, -0.15) is 0 Å². The molecule has 0 aliphatic heterocycles. The Morgan fingerprint density at radius 2 is 1.41 bits per heavy atom. The van der Waals surface area contributed by atoms with E-state index in [1.807, 2.05) is 18.2 Å². The summed E-state index contributed by atoms with van der Waals surface area (Å²) in [4.78, 5) is 22.1. The van der Waals surface area contributed by atoms with Crippen molar-refractivity contribution in [1.82, 2.24) is 0 Å². The van der Waals surface area contributed by atoms with Gasteiger partial charge in [-0.15, -0.1) is 0 Å². The average Bonchev–Trinajstić information content (AvgIpc) is 2.76. The molecule has 1 aromatic rings. The lowest BCUT2D eigenvalue weighted by molar-refractivity contribution is -0.147. The van der Waals surface area contributed by atoms with Gasteiger partial charge in [-0.1, -0.05) is 75.8 Å². The first-order chi connectivity index (χ1) is 15.5. The number of benzene rings is 1. The van der Waals surface area contributed by atoms with E-state index in [4.69, 9.17) is 14.6 Å². The molecule has 0 aromatic heterocycles. The summed E-state index contributed by atoms with van der Waals surface area (Å²) in [6.45, 7) is 4.30. The molecule has 0 aliphatic rings. The molecule has 0 spiro atoms. The lowest BCUT2D eigenvalue weighted by Gasteiger charge is -2.21. The molecule has 0 amide bonds. The Balaban J connectivity index is 2.42. The molecule has 1 aromatic carbocycles. The van der Waals surface area contributed by atoms with Crippen LogP contribution in [0.4, 0.5) is 0 Å². The number of aliphatic carboxylic acids is 1. The largest absolute Gasteiger partial charge is 0.481 e. The first-order valence-corrected chi connectivity index (χ1v) is 12.6. The zero-order valence-corrected chi connectivity index (χ0v) is 20.2. The summed E-state index contributed by atoms with van der Waals surface area (Å²) < 4.78 is 11.8. The summed E-state index contributed by atoms with van der Waals surface area (Å²) in [7, 11) is 0. The van der Waals surface area contributed by atoms with Gasteiger partial charge in [-0.25, -0.2) is 0 Å². The minimum absolute atomic E-state index is 0.0167. The van der Waals surface area contributed by atoms with Gasteiger partial charge < -0.3 is 14.6 Å². The second-order valence-electron chi connectivity index (χ2n) is 8.78. The molecule has 1 rings (SSSR count). The number of rotatable bonds is 20. The number of hydrogen-bond acceptors (Lipinski definition) is 4. The number of unbranched alkanes of at least 4 members (excludes halogenated alkanes) is 6. The first kappa shape index (κ1) is 28.2. The predicted molar refractivity (Wildman–Crippen MR) is 129 cm³/mol. The molecule has 32 heavy (non-hydrogen) atoms. The summed E-state index contributed by atoms with van der Waals surface area (Å²) in [6.07, 6.45) is 13.7. The van der Waals surface area contributed by atoms with Gasteiger partial charge in [0.15, 0.2) is 0 Å². The standard InChI is InChI=1S/C27H44O5/c1-3-4-9-18-26(32-23(2)28)20-14-19-25(31-22-24-15-10-8-11-16-24)17-12-6-5-7-13-21-27(29)30/h8,10-11,15-16,25-26H,3-7,9,12-14,17-22H2,1-2H3,(H,29,30). The van der Waals surface area contributed by atoms with Crippen molar-refractivity contribution in [2.24, 2.45) is 0 Å². The SMILES string of the molecule is CCCCCC(CCCC(CCCCCCCC(=O)O)OCc1ccccc1)OC(C)=O. The molecule has 5 nitrogen and oxygen atoms in total. The summed E-state index contributed by atoms with van der Waals surface area (Å²) in [5.41, 5.74) is 1.18. The second-order valence-corrected chi connectivity index (χ2v) is 8.78. The number of carboxylic acid groups (broad SMARTS) is 1. The number of esters is 1. The smallest absolute Gasteiger partial charge is 0.303 e. The minimum atomic E-state index is -0.707. The third-order valence-corrected chi connectivity index (χ3v) is 5.76. The molecule has 0 bridgehead atoms. The zero-order chi connectivity index (χ0) is 23.4. The summed E-state index contributed by atoms with van der Waals surface area (Å²) in [5.74, 6) is -0.896. The fourth-order valence-corrected chi connectivity index (χ4v) is 3.97. The van der Waals surface area contributed by atoms with Crippen molar-refractivity contribution in [3.05, 3.63) is 35.9 Å². The van der Waals surface area contributed by atoms with E-state index >= 15 is 0 Å². The van der Waals surface area contributed by atoms with Crippen molar-refractivity contribution in [2.75, 3.05) is 0 Å². The summed E-state index contributed by atoms with van der Waals surface area (Å²) in [6, 6.07) is 10.3. The molecule has 0 fully saturated rings. The van der Waals surface area contributed by atoms with Crippen molar-refractivity contribution < 1.29 is 24.2 Å². The van der Waals surface area contributed by atoms with Crippen molar-refractivity contribution >= 4 is 11.9 Å². The van der Waals surface area contributed by atoms with E-state index in [0.717, 1.165) is 70.6 Å². The molecule has 0 saturated heterocycles. The van der Waals surface area contributed by atoms with E-state index in [0.29, 0.717) is 6.61 Å². The highest BCUT2D eigenvalue weighted by atomic mass is 16.5. The third-order valence-electron chi connectivity index (χ3n) is 5.76. The van der Waals surface area contributed by atoms with Crippen LogP contribution < -0.4 is 0 Å². The molecule has 0 radical (unpaired) electrons. The van der Waals surface area contributed by atoms with Gasteiger partial charge in [0.2, 0.25) is 0 Å². The van der Waals surface area contributed by atoms with Crippen LogP contribution in [-0.2, 0) is 25.7 Å². The van der Waals surface area contributed by atoms with Gasteiger partial charge in [-0.3, -0.25) is 9.59 Å². The first-order valence-electron chi connectivity index (χ1n) is 12.6. The molecule has 0 heterocycles. The van der Waals surface area contributed by atoms with E-state index in [1.54, 1.807) is 0 Å². The summed E-state index contributed by atoms with van der Waals surface area (Å²) >= 11 is 0. The molecule has 0 aliphatic carbocycles. The van der Waals surface area contributed by atoms with E-state index in [9.17, 15) is 9.59 Å². The maximum absolute atomic E-state index is 11.5. The van der Waals surface area contributed by atoms with Crippen LogP contribution in [0.1, 0.15) is 109 Å². The van der Waals surface area contributed by atoms with Crippen LogP contribution in [0.2, 0.25) is 0 Å². The Morgan fingerprint density at radius 3 is 2.09 bits per heavy atom. The van der Waals surface area contributed by atoms with E-state index in [1.165, 1.54) is 25.3 Å². The van der Waals surface area contributed by atoms with Gasteiger partial charge in [-0.05, 0) is 50.5 Å². The van der Waals surface area contributed by atoms with Crippen molar-refractivity contribution in [3.8, 4) is 0 Å². The Kier molecular flexibility index (Phi) is 16.4. The van der Waals surface area contributed by atoms with Crippen LogP contribution >= 0.6 is 0 Å². The van der Waals surface area contributed by atoms with Crippen LogP contribution in [-0.4, -0.2) is 29.3 Å². The number of carbonyl (C=O) groups is 2. The molecule has 2 unspecified atom stereocenters. The third kappa shape index (κ3) is 15.9. The molecular formula is C27H44O5. The average molecular weight is 449 g/mol. The highest BCUT2D eigenvalue weighted by Gasteiger charge is 2.15. The van der Waals surface area contributed by atoms with Gasteiger partial charge in [0.1, 0.15) is 6.10 Å². The maximum atomic E-state index is 11.5. The van der Waals surface area contributed by atoms with E-state index < -0.39 is 5.97 Å². The number of hydrogen-bond donors (Lipinski definition) is 1. The highest BCUT2D eigenvalue weighted by Crippen LogP contribution is 2.20. The van der Waals surface area contributed by atoms with Crippen LogP contribution in [0.15, 0.2) is 30.3 Å². The van der Waals surface area contributed by atoms with Gasteiger partial charge in [0.05, 0.1) is 12.7 Å². The quantitative estimate of drug-likeness (QED) is 0.171. The summed E-state index contributed by atoms with van der Waals surface area (Å²) in [5, 5.41) is 8.73. The molecule has 1 N–H and O–H groups in total. The highest BCUT2D eigenvalue weighted by molar-refractivity contribution is 5.66. The van der Waals surface area contributed by atoms with E-state index in [-0.39, 0.29) is 24.6 Å². The molecule has 0 saturated carbocycles. The zero-order valence-electron chi connectivity index (χ0n) is 20.2. The van der Waals surface area contributed by atoms with Gasteiger partial charge in [0.25, 0.3) is 0 Å². The lowest BCUT2D eigenvalue weighted by Crippen LogP contribution is -2.18. The van der Waals surface area contributed by atoms with Gasteiger partial charge >= 0.3 is 11.9 Å². The Hall–Kier alpha value is -1.88. The normalized spacial score (nSPS) is 12.9. The van der Waals surface area contributed by atoms with Crippen molar-refractivity contribution in [3.63, 3.8) is 0 Å². The molecule has 182 valence electrons. The van der Waals surface area contributed by atoms with Crippen LogP contribution in [0.25, 0.3) is 0 Å². The monoisotopic (exact) mass is 448 g/mol. The van der Waals surface area contributed by atoms with E-state index in [2.05, 4.69) is 19.1 Å². The fraction of sp³-hybridized carbons (Fsp3) is 0.704. The Morgan fingerprint density at radius 1 is 0.812 bits per heavy atom. The van der Waals surface area contributed by atoms with Gasteiger partial charge in [0, 0.05) is 13.3 Å². The van der Waals surface area contributed by atoms with Crippen molar-refractivity contribution in [2.45, 2.75) is 123 Å². The number of ether oxygens (including phenoxy) is 2.